The predicted molar refractivity (Wildman–Crippen MR) is 61.4 cm³/mol. The summed E-state index contributed by atoms with van der Waals surface area (Å²) in [5.74, 6) is 0.978. The Balaban J connectivity index is 2.05. The summed E-state index contributed by atoms with van der Waals surface area (Å²) in [4.78, 5) is 0. The summed E-state index contributed by atoms with van der Waals surface area (Å²) in [5, 5.41) is 0. The van der Waals surface area contributed by atoms with E-state index in [0.717, 1.165) is 29.9 Å². The number of anilines is 2. The van der Waals surface area contributed by atoms with Crippen molar-refractivity contribution in [2.24, 2.45) is 0 Å². The average molecular weight is 202 g/mol. The van der Waals surface area contributed by atoms with Crippen molar-refractivity contribution in [3.8, 4) is 0 Å². The number of rotatable bonds is 3. The largest absolute Gasteiger partial charge is 0.469 e. The minimum Gasteiger partial charge on any atom is -0.469 e. The van der Waals surface area contributed by atoms with Crippen LogP contribution >= 0.6 is 0 Å². The normalized spacial score (nSPS) is 10.4. The van der Waals surface area contributed by atoms with Gasteiger partial charge in [-0.15, -0.1) is 0 Å². The summed E-state index contributed by atoms with van der Waals surface area (Å²) in [6.07, 6.45) is 3.42. The van der Waals surface area contributed by atoms with Gasteiger partial charge >= 0.3 is 0 Å². The van der Waals surface area contributed by atoms with Gasteiger partial charge in [0.1, 0.15) is 5.76 Å². The number of aryl methyl sites for hydroxylation is 2. The standard InChI is InChI=1S/C12H14N2O/c13-10-5-3-9(12(14)8-10)4-6-11-2-1-7-15-11/h1-3,5,7-8H,4,6,13-14H2. The fourth-order valence-corrected chi connectivity index (χ4v) is 1.55. The molecule has 1 aromatic heterocycles. The lowest BCUT2D eigenvalue weighted by molar-refractivity contribution is 0.508. The van der Waals surface area contributed by atoms with Gasteiger partial charge in [0.25, 0.3) is 0 Å². The lowest BCUT2D eigenvalue weighted by Gasteiger charge is -2.05. The van der Waals surface area contributed by atoms with Gasteiger partial charge in [0, 0.05) is 17.8 Å². The molecule has 0 saturated heterocycles. The highest BCUT2D eigenvalue weighted by Crippen LogP contribution is 2.17. The smallest absolute Gasteiger partial charge is 0.104 e. The van der Waals surface area contributed by atoms with Gasteiger partial charge in [0.15, 0.2) is 0 Å². The second-order valence-electron chi connectivity index (χ2n) is 3.54. The molecule has 0 atom stereocenters. The van der Waals surface area contributed by atoms with Crippen molar-refractivity contribution in [3.05, 3.63) is 47.9 Å². The van der Waals surface area contributed by atoms with Crippen LogP contribution in [0.25, 0.3) is 0 Å². The molecule has 78 valence electrons. The molecular formula is C12H14N2O. The van der Waals surface area contributed by atoms with E-state index in [9.17, 15) is 0 Å². The van der Waals surface area contributed by atoms with Crippen LogP contribution in [0.4, 0.5) is 11.4 Å². The van der Waals surface area contributed by atoms with Crippen molar-refractivity contribution in [1.82, 2.24) is 0 Å². The number of nitrogens with two attached hydrogens (primary N) is 2. The molecule has 0 aliphatic heterocycles. The Morgan fingerprint density at radius 1 is 1.07 bits per heavy atom. The topological polar surface area (TPSA) is 65.2 Å². The van der Waals surface area contributed by atoms with Crippen molar-refractivity contribution in [3.63, 3.8) is 0 Å². The number of furan rings is 1. The Bertz CT molecular complexity index is 435. The fourth-order valence-electron chi connectivity index (χ4n) is 1.55. The van der Waals surface area contributed by atoms with Gasteiger partial charge in [0.05, 0.1) is 6.26 Å². The van der Waals surface area contributed by atoms with E-state index >= 15 is 0 Å². The van der Waals surface area contributed by atoms with Crippen LogP contribution in [0, 0.1) is 0 Å². The van der Waals surface area contributed by atoms with E-state index in [1.54, 1.807) is 12.3 Å². The number of hydrogen-bond acceptors (Lipinski definition) is 3. The second-order valence-corrected chi connectivity index (χ2v) is 3.54. The van der Waals surface area contributed by atoms with Gasteiger partial charge in [0.2, 0.25) is 0 Å². The summed E-state index contributed by atoms with van der Waals surface area (Å²) < 4.78 is 5.25. The minimum atomic E-state index is 0.703. The minimum absolute atomic E-state index is 0.703. The van der Waals surface area contributed by atoms with Gasteiger partial charge < -0.3 is 15.9 Å². The molecule has 0 radical (unpaired) electrons. The summed E-state index contributed by atoms with van der Waals surface area (Å²) in [6.45, 7) is 0. The van der Waals surface area contributed by atoms with Crippen molar-refractivity contribution in [2.75, 3.05) is 11.5 Å². The Morgan fingerprint density at radius 2 is 1.93 bits per heavy atom. The molecule has 0 aliphatic carbocycles. The van der Waals surface area contributed by atoms with Gasteiger partial charge in [-0.1, -0.05) is 6.07 Å². The monoisotopic (exact) mass is 202 g/mol. The van der Waals surface area contributed by atoms with E-state index in [0.29, 0.717) is 5.69 Å². The van der Waals surface area contributed by atoms with Crippen LogP contribution in [0.5, 0.6) is 0 Å². The van der Waals surface area contributed by atoms with Crippen LogP contribution in [0.3, 0.4) is 0 Å². The molecule has 1 aromatic carbocycles. The summed E-state index contributed by atoms with van der Waals surface area (Å²) in [6, 6.07) is 9.48. The Kier molecular flexibility index (Phi) is 2.63. The maximum absolute atomic E-state index is 5.85. The Morgan fingerprint density at radius 3 is 2.60 bits per heavy atom. The number of nitrogen functional groups attached to an aromatic ring is 2. The molecule has 0 amide bonds. The van der Waals surface area contributed by atoms with Crippen LogP contribution < -0.4 is 11.5 Å². The number of benzene rings is 1. The second kappa shape index (κ2) is 4.09. The molecule has 0 bridgehead atoms. The third-order valence-electron chi connectivity index (χ3n) is 2.39. The zero-order valence-corrected chi connectivity index (χ0v) is 8.44. The third kappa shape index (κ3) is 2.31. The first-order valence-electron chi connectivity index (χ1n) is 4.92. The van der Waals surface area contributed by atoms with E-state index in [1.165, 1.54) is 0 Å². The van der Waals surface area contributed by atoms with Crippen molar-refractivity contribution in [2.45, 2.75) is 12.8 Å². The van der Waals surface area contributed by atoms with E-state index < -0.39 is 0 Å². The van der Waals surface area contributed by atoms with Crippen LogP contribution in [-0.2, 0) is 12.8 Å². The summed E-state index contributed by atoms with van der Waals surface area (Å²) in [5.41, 5.74) is 14.0. The molecule has 4 N–H and O–H groups in total. The highest BCUT2D eigenvalue weighted by Gasteiger charge is 2.01. The summed E-state index contributed by atoms with van der Waals surface area (Å²) in [7, 11) is 0. The Hall–Kier alpha value is -1.90. The molecule has 0 unspecified atom stereocenters. The molecule has 3 heteroatoms. The first-order chi connectivity index (χ1) is 7.25. The molecule has 3 nitrogen and oxygen atoms in total. The van der Waals surface area contributed by atoms with Crippen LogP contribution in [-0.4, -0.2) is 0 Å². The van der Waals surface area contributed by atoms with Crippen molar-refractivity contribution in [1.29, 1.82) is 0 Å². The molecule has 2 aromatic rings. The highest BCUT2D eigenvalue weighted by atomic mass is 16.3. The molecular weight excluding hydrogens is 188 g/mol. The Labute approximate surface area is 88.7 Å². The van der Waals surface area contributed by atoms with Gasteiger partial charge in [-0.05, 0) is 36.2 Å². The van der Waals surface area contributed by atoms with Crippen molar-refractivity contribution < 1.29 is 4.42 Å². The van der Waals surface area contributed by atoms with Gasteiger partial charge in [-0.2, -0.15) is 0 Å². The van der Waals surface area contributed by atoms with Crippen LogP contribution in [0.15, 0.2) is 41.0 Å². The fraction of sp³-hybridized carbons (Fsp3) is 0.167. The van der Waals surface area contributed by atoms with E-state index in [4.69, 9.17) is 15.9 Å². The molecule has 1 heterocycles. The average Bonchev–Trinajstić information content (AvgIpc) is 2.69. The number of hydrogen-bond donors (Lipinski definition) is 2. The maximum atomic E-state index is 5.85. The zero-order valence-electron chi connectivity index (χ0n) is 8.44. The third-order valence-corrected chi connectivity index (χ3v) is 2.39. The van der Waals surface area contributed by atoms with E-state index in [-0.39, 0.29) is 0 Å². The lowest BCUT2D eigenvalue weighted by atomic mass is 10.1. The zero-order chi connectivity index (χ0) is 10.7. The van der Waals surface area contributed by atoms with Crippen LogP contribution in [0.1, 0.15) is 11.3 Å². The first-order valence-corrected chi connectivity index (χ1v) is 4.92. The van der Waals surface area contributed by atoms with Crippen molar-refractivity contribution >= 4 is 11.4 Å². The van der Waals surface area contributed by atoms with Gasteiger partial charge in [-0.25, -0.2) is 0 Å². The molecule has 0 fully saturated rings. The van der Waals surface area contributed by atoms with Crippen LogP contribution in [0.2, 0.25) is 0 Å². The molecule has 0 spiro atoms. The van der Waals surface area contributed by atoms with E-state index in [1.807, 2.05) is 24.3 Å². The highest BCUT2D eigenvalue weighted by molar-refractivity contribution is 5.56. The quantitative estimate of drug-likeness (QED) is 0.750. The molecule has 15 heavy (non-hydrogen) atoms. The van der Waals surface area contributed by atoms with Gasteiger partial charge in [-0.3, -0.25) is 0 Å². The molecule has 0 aliphatic rings. The SMILES string of the molecule is Nc1ccc(CCc2ccco2)c(N)c1. The summed E-state index contributed by atoms with van der Waals surface area (Å²) >= 11 is 0. The molecule has 0 saturated carbocycles. The lowest BCUT2D eigenvalue weighted by Crippen LogP contribution is -1.98. The predicted octanol–water partition coefficient (Wildman–Crippen LogP) is 2.23. The van der Waals surface area contributed by atoms with E-state index in [2.05, 4.69) is 0 Å². The molecule has 2 rings (SSSR count). The maximum Gasteiger partial charge on any atom is 0.104 e. The first kappa shape index (κ1) is 9.65.